The second-order valence-corrected chi connectivity index (χ2v) is 8.22. The summed E-state index contributed by atoms with van der Waals surface area (Å²) in [5.74, 6) is 0.0849. The van der Waals surface area contributed by atoms with Gasteiger partial charge in [-0.25, -0.2) is 0 Å². The zero-order valence-electron chi connectivity index (χ0n) is 17.0. The number of para-hydroxylation sites is 2. The summed E-state index contributed by atoms with van der Waals surface area (Å²) in [5.41, 5.74) is 2.66. The number of benzene rings is 1. The molecule has 1 N–H and O–H groups in total. The van der Waals surface area contributed by atoms with Crippen LogP contribution in [0.3, 0.4) is 0 Å². The Kier molecular flexibility index (Phi) is 5.36. The van der Waals surface area contributed by atoms with Crippen molar-refractivity contribution in [2.75, 3.05) is 24.5 Å². The maximum absolute atomic E-state index is 13.2. The van der Waals surface area contributed by atoms with Crippen LogP contribution in [0.2, 0.25) is 0 Å². The summed E-state index contributed by atoms with van der Waals surface area (Å²) < 4.78 is 5.96. The lowest BCUT2D eigenvalue weighted by molar-refractivity contribution is -0.123. The average molecular weight is 406 g/mol. The van der Waals surface area contributed by atoms with Crippen LogP contribution in [0.15, 0.2) is 53.1 Å². The number of carbonyl (C=O) groups is 1. The van der Waals surface area contributed by atoms with Gasteiger partial charge in [-0.3, -0.25) is 14.7 Å². The number of carbonyl (C=O) groups excluding carboxylic acids is 1. The molecule has 0 radical (unpaired) electrons. The number of likely N-dealkylation sites (tertiary alicyclic amines) is 1. The number of pyridine rings is 1. The molecule has 7 nitrogen and oxygen atoms in total. The molecule has 3 aromatic rings. The van der Waals surface area contributed by atoms with Gasteiger partial charge in [0.25, 0.3) is 6.01 Å². The molecule has 0 aliphatic carbocycles. The Hall–Kier alpha value is -2.93. The largest absolute Gasteiger partial charge is 0.423 e. The molecule has 2 aliphatic rings. The number of nitrogens with one attached hydrogen (secondary N) is 1. The minimum Gasteiger partial charge on any atom is -0.423 e. The highest BCUT2D eigenvalue weighted by atomic mass is 16.4. The Labute approximate surface area is 176 Å². The van der Waals surface area contributed by atoms with E-state index in [1.54, 1.807) is 0 Å². The number of hydrogen-bond donors (Lipinski definition) is 1. The summed E-state index contributed by atoms with van der Waals surface area (Å²) in [6.45, 7) is 3.45. The van der Waals surface area contributed by atoms with Gasteiger partial charge in [-0.1, -0.05) is 18.2 Å². The molecular formula is C23H27N5O2. The van der Waals surface area contributed by atoms with Crippen molar-refractivity contribution in [2.45, 2.75) is 44.3 Å². The van der Waals surface area contributed by atoms with Gasteiger partial charge in [-0.2, -0.15) is 4.98 Å². The normalized spacial score (nSPS) is 22.5. The molecule has 0 bridgehead atoms. The van der Waals surface area contributed by atoms with Gasteiger partial charge in [-0.05, 0) is 49.9 Å². The van der Waals surface area contributed by atoms with Crippen molar-refractivity contribution in [3.05, 3.63) is 54.4 Å². The Morgan fingerprint density at radius 2 is 2.00 bits per heavy atom. The van der Waals surface area contributed by atoms with E-state index in [1.807, 2.05) is 53.6 Å². The van der Waals surface area contributed by atoms with Crippen LogP contribution in [-0.2, 0) is 11.3 Å². The summed E-state index contributed by atoms with van der Waals surface area (Å²) in [5, 5.41) is 3.29. The highest BCUT2D eigenvalue weighted by molar-refractivity contribution is 5.85. The van der Waals surface area contributed by atoms with Crippen LogP contribution in [0.4, 0.5) is 6.01 Å². The lowest BCUT2D eigenvalue weighted by atomic mass is 10.0. The van der Waals surface area contributed by atoms with Crippen LogP contribution in [0, 0.1) is 0 Å². The first kappa shape index (κ1) is 19.1. The lowest BCUT2D eigenvalue weighted by Crippen LogP contribution is -2.52. The molecule has 2 atom stereocenters. The van der Waals surface area contributed by atoms with E-state index < -0.39 is 0 Å². The minimum atomic E-state index is -0.225. The number of hydrogen-bond acceptors (Lipinski definition) is 6. The van der Waals surface area contributed by atoms with E-state index in [0.29, 0.717) is 6.01 Å². The molecule has 0 saturated carbocycles. The van der Waals surface area contributed by atoms with Crippen molar-refractivity contribution in [3.63, 3.8) is 0 Å². The van der Waals surface area contributed by atoms with E-state index in [-0.39, 0.29) is 18.0 Å². The van der Waals surface area contributed by atoms with Gasteiger partial charge in [0.05, 0.1) is 5.69 Å². The van der Waals surface area contributed by atoms with Crippen LogP contribution < -0.4 is 10.2 Å². The average Bonchev–Trinajstić information content (AvgIpc) is 3.41. The predicted molar refractivity (Wildman–Crippen MR) is 115 cm³/mol. The van der Waals surface area contributed by atoms with Gasteiger partial charge in [0.2, 0.25) is 5.91 Å². The standard InChI is InChI=1S/C23H27N5O2/c29-22(25-18-11-14-27(16-18)15-17-7-3-5-12-24-17)20-9-4-6-13-28(20)23-26-19-8-1-2-10-21(19)30-23/h1-3,5,7-8,10,12,18,20H,4,6,9,11,13-16H2,(H,25,29)/t18-,20-/m0/s1. The first-order valence-electron chi connectivity index (χ1n) is 10.8. The molecule has 2 aromatic heterocycles. The fraction of sp³-hybridized carbons (Fsp3) is 0.435. The van der Waals surface area contributed by atoms with Crippen molar-refractivity contribution in [3.8, 4) is 0 Å². The molecule has 2 aliphatic heterocycles. The molecule has 1 aromatic carbocycles. The molecule has 30 heavy (non-hydrogen) atoms. The van der Waals surface area contributed by atoms with Crippen LogP contribution in [0.5, 0.6) is 0 Å². The van der Waals surface area contributed by atoms with Crippen molar-refractivity contribution >= 4 is 23.0 Å². The van der Waals surface area contributed by atoms with Crippen molar-refractivity contribution < 1.29 is 9.21 Å². The highest BCUT2D eigenvalue weighted by Gasteiger charge is 2.34. The molecule has 7 heteroatoms. The van der Waals surface area contributed by atoms with E-state index in [0.717, 1.165) is 68.7 Å². The fourth-order valence-corrected chi connectivity index (χ4v) is 4.53. The molecular weight excluding hydrogens is 378 g/mol. The summed E-state index contributed by atoms with van der Waals surface area (Å²) in [6, 6.07) is 14.2. The second-order valence-electron chi connectivity index (χ2n) is 8.22. The van der Waals surface area contributed by atoms with Crippen molar-refractivity contribution in [2.24, 2.45) is 0 Å². The number of fused-ring (bicyclic) bond motifs is 1. The van der Waals surface area contributed by atoms with E-state index in [9.17, 15) is 4.79 Å². The van der Waals surface area contributed by atoms with Gasteiger partial charge in [0, 0.05) is 38.4 Å². The van der Waals surface area contributed by atoms with Crippen molar-refractivity contribution in [1.82, 2.24) is 20.2 Å². The maximum Gasteiger partial charge on any atom is 0.299 e. The third kappa shape index (κ3) is 4.03. The summed E-state index contributed by atoms with van der Waals surface area (Å²) in [6.07, 6.45) is 5.71. The molecule has 2 fully saturated rings. The zero-order valence-corrected chi connectivity index (χ0v) is 17.0. The SMILES string of the molecule is O=C(N[C@H]1CCN(Cc2ccccn2)C1)[C@@H]1CCCCN1c1nc2ccccc2o1. The molecule has 4 heterocycles. The van der Waals surface area contributed by atoms with Crippen LogP contribution in [-0.4, -0.2) is 52.5 Å². The summed E-state index contributed by atoms with van der Waals surface area (Å²) in [4.78, 5) is 26.6. The molecule has 5 rings (SSSR count). The fourth-order valence-electron chi connectivity index (χ4n) is 4.53. The number of anilines is 1. The van der Waals surface area contributed by atoms with E-state index in [1.165, 1.54) is 0 Å². The number of piperidine rings is 1. The number of aromatic nitrogens is 2. The van der Waals surface area contributed by atoms with Crippen LogP contribution in [0.25, 0.3) is 11.1 Å². The monoisotopic (exact) mass is 405 g/mol. The Morgan fingerprint density at radius 1 is 1.10 bits per heavy atom. The summed E-state index contributed by atoms with van der Waals surface area (Å²) >= 11 is 0. The molecule has 156 valence electrons. The minimum absolute atomic E-state index is 0.0849. The van der Waals surface area contributed by atoms with Gasteiger partial charge < -0.3 is 14.6 Å². The molecule has 0 unspecified atom stereocenters. The topological polar surface area (TPSA) is 74.5 Å². The van der Waals surface area contributed by atoms with E-state index in [2.05, 4.69) is 20.2 Å². The molecule has 1 amide bonds. The summed E-state index contributed by atoms with van der Waals surface area (Å²) in [7, 11) is 0. The number of rotatable bonds is 5. The van der Waals surface area contributed by atoms with Gasteiger partial charge in [0.15, 0.2) is 5.58 Å². The van der Waals surface area contributed by atoms with Gasteiger partial charge >= 0.3 is 0 Å². The number of nitrogens with zero attached hydrogens (tertiary/aromatic N) is 4. The zero-order chi connectivity index (χ0) is 20.3. The Balaban J connectivity index is 1.23. The van der Waals surface area contributed by atoms with E-state index in [4.69, 9.17) is 4.42 Å². The predicted octanol–water partition coefficient (Wildman–Crippen LogP) is 2.97. The molecule has 2 saturated heterocycles. The van der Waals surface area contributed by atoms with Gasteiger partial charge in [0.1, 0.15) is 11.6 Å². The van der Waals surface area contributed by atoms with Crippen LogP contribution >= 0.6 is 0 Å². The number of amides is 1. The Bertz CT molecular complexity index is 972. The number of oxazole rings is 1. The quantitative estimate of drug-likeness (QED) is 0.703. The molecule has 0 spiro atoms. The maximum atomic E-state index is 13.2. The van der Waals surface area contributed by atoms with E-state index >= 15 is 0 Å². The van der Waals surface area contributed by atoms with Crippen molar-refractivity contribution in [1.29, 1.82) is 0 Å². The Morgan fingerprint density at radius 3 is 2.87 bits per heavy atom. The third-order valence-electron chi connectivity index (χ3n) is 6.06. The van der Waals surface area contributed by atoms with Crippen LogP contribution in [0.1, 0.15) is 31.4 Å². The van der Waals surface area contributed by atoms with Gasteiger partial charge in [-0.15, -0.1) is 0 Å². The first-order valence-corrected chi connectivity index (χ1v) is 10.8. The smallest absolute Gasteiger partial charge is 0.299 e. The second kappa shape index (κ2) is 8.44. The highest BCUT2D eigenvalue weighted by Crippen LogP contribution is 2.28. The lowest BCUT2D eigenvalue weighted by Gasteiger charge is -2.34. The third-order valence-corrected chi connectivity index (χ3v) is 6.06. The first-order chi connectivity index (χ1) is 14.8.